The van der Waals surface area contributed by atoms with Crippen molar-refractivity contribution in [3.63, 3.8) is 0 Å². The number of amides is 1. The summed E-state index contributed by atoms with van der Waals surface area (Å²) in [6.45, 7) is 3.31. The average Bonchev–Trinajstić information content (AvgIpc) is 2.29. The van der Waals surface area contributed by atoms with Gasteiger partial charge in [0.15, 0.2) is 0 Å². The van der Waals surface area contributed by atoms with Crippen LogP contribution in [0.3, 0.4) is 0 Å². The lowest BCUT2D eigenvalue weighted by atomic mass is 10.1. The quantitative estimate of drug-likeness (QED) is 0.763. The molecule has 1 aliphatic heterocycles. The molecule has 0 saturated carbocycles. The second-order valence-corrected chi connectivity index (χ2v) is 4.23. The number of rotatable bonds is 2. The van der Waals surface area contributed by atoms with Crippen molar-refractivity contribution in [3.8, 4) is 0 Å². The summed E-state index contributed by atoms with van der Waals surface area (Å²) in [5, 5.41) is 2.94. The van der Waals surface area contributed by atoms with E-state index in [0.29, 0.717) is 5.95 Å². The molecule has 0 aromatic carbocycles. The highest BCUT2D eigenvalue weighted by Crippen LogP contribution is 2.17. The van der Waals surface area contributed by atoms with Gasteiger partial charge in [-0.3, -0.25) is 4.79 Å². The number of hydrogen-bond acceptors (Lipinski definition) is 5. The van der Waals surface area contributed by atoms with Crippen LogP contribution in [0.4, 0.5) is 11.8 Å². The Labute approximate surface area is 100 Å². The van der Waals surface area contributed by atoms with E-state index in [1.165, 1.54) is 0 Å². The van der Waals surface area contributed by atoms with Crippen LogP contribution < -0.4 is 16.0 Å². The first-order chi connectivity index (χ1) is 8.15. The molecule has 0 bridgehead atoms. The minimum atomic E-state index is 0.0368. The summed E-state index contributed by atoms with van der Waals surface area (Å²) in [6.07, 6.45) is 3.53. The first kappa shape index (κ1) is 11.6. The number of nitrogens with two attached hydrogens (primary N) is 1. The Morgan fingerprint density at radius 2 is 2.24 bits per heavy atom. The molecule has 3 N–H and O–H groups in total. The van der Waals surface area contributed by atoms with Gasteiger partial charge in [-0.25, -0.2) is 4.98 Å². The van der Waals surface area contributed by atoms with E-state index in [2.05, 4.69) is 20.2 Å². The molecule has 0 radical (unpaired) electrons. The van der Waals surface area contributed by atoms with Crippen LogP contribution in [0.25, 0.3) is 0 Å². The van der Waals surface area contributed by atoms with Gasteiger partial charge in [0.05, 0.1) is 0 Å². The smallest absolute Gasteiger partial charge is 0.221 e. The Morgan fingerprint density at radius 3 is 2.82 bits per heavy atom. The number of piperidine rings is 1. The highest BCUT2D eigenvalue weighted by atomic mass is 16.1. The second-order valence-electron chi connectivity index (χ2n) is 4.23. The van der Waals surface area contributed by atoms with Crippen LogP contribution in [0.15, 0.2) is 12.3 Å². The van der Waals surface area contributed by atoms with Gasteiger partial charge in [0.25, 0.3) is 0 Å². The van der Waals surface area contributed by atoms with Gasteiger partial charge < -0.3 is 16.0 Å². The van der Waals surface area contributed by atoms with Crippen LogP contribution >= 0.6 is 0 Å². The van der Waals surface area contributed by atoms with Gasteiger partial charge in [-0.15, -0.1) is 0 Å². The van der Waals surface area contributed by atoms with E-state index in [4.69, 9.17) is 5.73 Å². The molecule has 2 rings (SSSR count). The molecule has 1 saturated heterocycles. The molecule has 1 aromatic heterocycles. The molecular formula is C11H17N5O. The Balaban J connectivity index is 1.93. The molecule has 1 amide bonds. The number of aromatic nitrogens is 2. The molecule has 1 fully saturated rings. The average molecular weight is 235 g/mol. The van der Waals surface area contributed by atoms with Crippen LogP contribution in [0.2, 0.25) is 0 Å². The Morgan fingerprint density at radius 1 is 1.53 bits per heavy atom. The van der Waals surface area contributed by atoms with Gasteiger partial charge in [0.1, 0.15) is 5.82 Å². The molecule has 6 nitrogen and oxygen atoms in total. The van der Waals surface area contributed by atoms with Gasteiger partial charge in [0, 0.05) is 32.3 Å². The Bertz CT molecular complexity index is 401. The van der Waals surface area contributed by atoms with Crippen molar-refractivity contribution in [1.29, 1.82) is 0 Å². The van der Waals surface area contributed by atoms with E-state index >= 15 is 0 Å². The molecule has 0 spiro atoms. The number of hydrogen-bond donors (Lipinski definition) is 2. The van der Waals surface area contributed by atoms with Gasteiger partial charge in [0.2, 0.25) is 11.9 Å². The normalized spacial score (nSPS) is 16.9. The Hall–Kier alpha value is -1.85. The summed E-state index contributed by atoms with van der Waals surface area (Å²) < 4.78 is 0. The largest absolute Gasteiger partial charge is 0.368 e. The van der Waals surface area contributed by atoms with Crippen molar-refractivity contribution in [2.45, 2.75) is 25.8 Å². The van der Waals surface area contributed by atoms with E-state index in [9.17, 15) is 4.79 Å². The molecule has 6 heteroatoms. The monoisotopic (exact) mass is 235 g/mol. The predicted octanol–water partition coefficient (Wildman–Crippen LogP) is 0.164. The number of nitrogens with one attached hydrogen (secondary N) is 1. The summed E-state index contributed by atoms with van der Waals surface area (Å²) in [6, 6.07) is 2.14. The third-order valence-corrected chi connectivity index (χ3v) is 2.89. The molecule has 0 atom stereocenters. The van der Waals surface area contributed by atoms with Crippen molar-refractivity contribution in [2.75, 3.05) is 23.7 Å². The van der Waals surface area contributed by atoms with Crippen molar-refractivity contribution in [1.82, 2.24) is 15.3 Å². The number of carbonyl (C=O) groups excluding carboxylic acids is 1. The van der Waals surface area contributed by atoms with Crippen LogP contribution in [0.1, 0.15) is 19.8 Å². The molecule has 0 unspecified atom stereocenters. The van der Waals surface area contributed by atoms with Gasteiger partial charge in [-0.2, -0.15) is 4.98 Å². The molecule has 0 aliphatic carbocycles. The van der Waals surface area contributed by atoms with Crippen LogP contribution in [-0.2, 0) is 4.79 Å². The zero-order chi connectivity index (χ0) is 12.3. The first-order valence-corrected chi connectivity index (χ1v) is 5.76. The minimum Gasteiger partial charge on any atom is -0.368 e. The summed E-state index contributed by atoms with van der Waals surface area (Å²) in [5.41, 5.74) is 5.55. The summed E-state index contributed by atoms with van der Waals surface area (Å²) >= 11 is 0. The third kappa shape index (κ3) is 3.05. The van der Waals surface area contributed by atoms with E-state index < -0.39 is 0 Å². The second kappa shape index (κ2) is 4.99. The lowest BCUT2D eigenvalue weighted by molar-refractivity contribution is -0.119. The fraction of sp³-hybridized carbons (Fsp3) is 0.545. The highest BCUT2D eigenvalue weighted by Gasteiger charge is 2.20. The molecule has 1 aliphatic rings. The SMILES string of the molecule is CC(=O)NC1CCN(c2ccnc(N)n2)CC1. The van der Waals surface area contributed by atoms with E-state index in [1.54, 1.807) is 13.1 Å². The molecule has 2 heterocycles. The van der Waals surface area contributed by atoms with Gasteiger partial charge >= 0.3 is 0 Å². The summed E-state index contributed by atoms with van der Waals surface area (Å²) in [5.74, 6) is 1.19. The summed E-state index contributed by atoms with van der Waals surface area (Å²) in [7, 11) is 0. The minimum absolute atomic E-state index is 0.0368. The fourth-order valence-corrected chi connectivity index (χ4v) is 2.08. The van der Waals surface area contributed by atoms with Crippen LogP contribution in [0.5, 0.6) is 0 Å². The van der Waals surface area contributed by atoms with Crippen molar-refractivity contribution >= 4 is 17.7 Å². The topological polar surface area (TPSA) is 84.1 Å². The molecule has 92 valence electrons. The van der Waals surface area contributed by atoms with Crippen LogP contribution in [-0.4, -0.2) is 35.0 Å². The van der Waals surface area contributed by atoms with E-state index in [-0.39, 0.29) is 11.9 Å². The van der Waals surface area contributed by atoms with Crippen molar-refractivity contribution in [3.05, 3.63) is 12.3 Å². The molecule has 17 heavy (non-hydrogen) atoms. The van der Waals surface area contributed by atoms with Crippen molar-refractivity contribution < 1.29 is 4.79 Å². The van der Waals surface area contributed by atoms with Gasteiger partial charge in [-0.05, 0) is 18.9 Å². The number of carbonyl (C=O) groups is 1. The molecular weight excluding hydrogens is 218 g/mol. The lowest BCUT2D eigenvalue weighted by Gasteiger charge is -2.32. The van der Waals surface area contributed by atoms with Crippen LogP contribution in [0, 0.1) is 0 Å². The zero-order valence-electron chi connectivity index (χ0n) is 9.89. The maximum absolute atomic E-state index is 10.9. The van der Waals surface area contributed by atoms with Gasteiger partial charge in [-0.1, -0.05) is 0 Å². The predicted molar refractivity (Wildman–Crippen MR) is 65.5 cm³/mol. The number of anilines is 2. The number of nitrogens with zero attached hydrogens (tertiary/aromatic N) is 3. The number of nitrogen functional groups attached to an aromatic ring is 1. The maximum Gasteiger partial charge on any atom is 0.221 e. The standard InChI is InChI=1S/C11H17N5O/c1-8(17)14-9-3-6-16(7-4-9)10-2-5-13-11(12)15-10/h2,5,9H,3-4,6-7H2,1H3,(H,14,17)(H2,12,13,15). The fourth-order valence-electron chi connectivity index (χ4n) is 2.08. The lowest BCUT2D eigenvalue weighted by Crippen LogP contribution is -2.44. The zero-order valence-corrected chi connectivity index (χ0v) is 9.89. The summed E-state index contributed by atoms with van der Waals surface area (Å²) in [4.78, 5) is 21.2. The third-order valence-electron chi connectivity index (χ3n) is 2.89. The van der Waals surface area contributed by atoms with E-state index in [0.717, 1.165) is 31.7 Å². The maximum atomic E-state index is 10.9. The Kier molecular flexibility index (Phi) is 3.41. The first-order valence-electron chi connectivity index (χ1n) is 5.76. The van der Waals surface area contributed by atoms with Crippen molar-refractivity contribution in [2.24, 2.45) is 0 Å². The molecule has 1 aromatic rings. The van der Waals surface area contributed by atoms with E-state index in [1.807, 2.05) is 6.07 Å². The highest BCUT2D eigenvalue weighted by molar-refractivity contribution is 5.73.